The van der Waals surface area contributed by atoms with Gasteiger partial charge in [-0.15, -0.1) is 0 Å². The maximum Gasteiger partial charge on any atom is 0.295 e. The number of benzene rings is 1. The molecule has 0 atom stereocenters. The smallest absolute Gasteiger partial charge is 0.295 e. The highest BCUT2D eigenvalue weighted by molar-refractivity contribution is 8.00. The maximum absolute atomic E-state index is 13.3. The Morgan fingerprint density at radius 3 is 2.74 bits per heavy atom. The second kappa shape index (κ2) is 5.54. The van der Waals surface area contributed by atoms with Crippen molar-refractivity contribution in [2.75, 3.05) is 18.1 Å². The summed E-state index contributed by atoms with van der Waals surface area (Å²) in [6.07, 6.45) is 5.38. The molecule has 104 valence electrons. The molecule has 7 heteroatoms. The molecule has 0 bridgehead atoms. The summed E-state index contributed by atoms with van der Waals surface area (Å²) in [5, 5.41) is 13.8. The van der Waals surface area contributed by atoms with Crippen LogP contribution in [0.1, 0.15) is 19.3 Å². The Hall–Kier alpha value is -1.01. The number of rotatable bonds is 5. The van der Waals surface area contributed by atoms with Gasteiger partial charge in [0.25, 0.3) is 5.69 Å². The predicted molar refractivity (Wildman–Crippen MR) is 76.7 cm³/mol. The van der Waals surface area contributed by atoms with Gasteiger partial charge in [0, 0.05) is 11.3 Å². The number of nitrogens with one attached hydrogen (secondary N) is 1. The number of hydrogen-bond donors (Lipinski definition) is 1. The molecule has 1 aromatic rings. The van der Waals surface area contributed by atoms with Crippen molar-refractivity contribution in [3.8, 4) is 0 Å². The summed E-state index contributed by atoms with van der Waals surface area (Å²) in [7, 11) is 0. The lowest BCUT2D eigenvalue weighted by Gasteiger charge is -2.40. The van der Waals surface area contributed by atoms with E-state index >= 15 is 0 Å². The van der Waals surface area contributed by atoms with Crippen molar-refractivity contribution in [1.82, 2.24) is 0 Å². The minimum atomic E-state index is -0.776. The summed E-state index contributed by atoms with van der Waals surface area (Å²) in [5.74, 6) is -0.776. The van der Waals surface area contributed by atoms with E-state index in [9.17, 15) is 14.5 Å². The molecule has 1 fully saturated rings. The number of nitro groups is 1. The highest BCUT2D eigenvalue weighted by atomic mass is 35.5. The largest absolute Gasteiger partial charge is 0.378 e. The van der Waals surface area contributed by atoms with Crippen molar-refractivity contribution < 1.29 is 9.31 Å². The van der Waals surface area contributed by atoms with Gasteiger partial charge in [0.2, 0.25) is 0 Å². The number of anilines is 1. The monoisotopic (exact) mass is 304 g/mol. The third-order valence-corrected chi connectivity index (χ3v) is 5.24. The summed E-state index contributed by atoms with van der Waals surface area (Å²) in [4.78, 5) is 10.3. The second-order valence-electron chi connectivity index (χ2n) is 4.63. The van der Waals surface area contributed by atoms with E-state index in [-0.39, 0.29) is 21.1 Å². The van der Waals surface area contributed by atoms with E-state index in [1.165, 1.54) is 12.5 Å². The van der Waals surface area contributed by atoms with Crippen LogP contribution in [-0.4, -0.2) is 22.5 Å². The molecule has 0 radical (unpaired) electrons. The number of thioether (sulfide) groups is 1. The van der Waals surface area contributed by atoms with Gasteiger partial charge in [-0.3, -0.25) is 10.1 Å². The van der Waals surface area contributed by atoms with E-state index in [0.717, 1.165) is 18.9 Å². The molecule has 0 spiro atoms. The predicted octanol–water partition coefficient (Wildman–Crippen LogP) is 4.08. The highest BCUT2D eigenvalue weighted by Crippen LogP contribution is 2.43. The molecule has 0 unspecified atom stereocenters. The van der Waals surface area contributed by atoms with E-state index in [4.69, 9.17) is 11.6 Å². The Kier molecular flexibility index (Phi) is 4.20. The van der Waals surface area contributed by atoms with Crippen LogP contribution >= 0.6 is 23.4 Å². The molecule has 0 aliphatic heterocycles. The Bertz CT molecular complexity index is 503. The zero-order chi connectivity index (χ0) is 14.0. The zero-order valence-corrected chi connectivity index (χ0v) is 12.0. The molecule has 1 N–H and O–H groups in total. The van der Waals surface area contributed by atoms with Crippen LogP contribution < -0.4 is 5.32 Å². The van der Waals surface area contributed by atoms with Gasteiger partial charge in [-0.25, -0.2) is 4.39 Å². The Labute approximate surface area is 119 Å². The van der Waals surface area contributed by atoms with Crippen LogP contribution in [0, 0.1) is 15.9 Å². The first kappa shape index (κ1) is 14.4. The number of nitrogens with zero attached hydrogens (tertiary/aromatic N) is 1. The van der Waals surface area contributed by atoms with Crippen LogP contribution in [0.25, 0.3) is 0 Å². The minimum Gasteiger partial charge on any atom is -0.378 e. The van der Waals surface area contributed by atoms with Crippen LogP contribution in [0.5, 0.6) is 0 Å². The van der Waals surface area contributed by atoms with E-state index < -0.39 is 10.7 Å². The lowest BCUT2D eigenvalue weighted by Crippen LogP contribution is -2.40. The molecule has 1 saturated carbocycles. The Morgan fingerprint density at radius 2 is 2.26 bits per heavy atom. The van der Waals surface area contributed by atoms with E-state index in [1.54, 1.807) is 11.8 Å². The minimum absolute atomic E-state index is 0.111. The van der Waals surface area contributed by atoms with Gasteiger partial charge < -0.3 is 5.32 Å². The van der Waals surface area contributed by atoms with Crippen molar-refractivity contribution in [3.05, 3.63) is 33.1 Å². The molecule has 1 aromatic carbocycles. The SMILES string of the molecule is CSC1(CNc2cc(Cl)c(F)cc2[N+](=O)[O-])CCC1. The molecule has 19 heavy (non-hydrogen) atoms. The first-order valence-electron chi connectivity index (χ1n) is 5.90. The van der Waals surface area contributed by atoms with Gasteiger partial charge in [-0.2, -0.15) is 11.8 Å². The molecular formula is C12H14ClFN2O2S. The molecule has 0 heterocycles. The molecule has 4 nitrogen and oxygen atoms in total. The normalized spacial score (nSPS) is 16.8. The number of hydrogen-bond acceptors (Lipinski definition) is 4. The van der Waals surface area contributed by atoms with Crippen LogP contribution in [0.2, 0.25) is 5.02 Å². The van der Waals surface area contributed by atoms with Gasteiger partial charge >= 0.3 is 0 Å². The summed E-state index contributed by atoms with van der Waals surface area (Å²) in [6, 6.07) is 2.14. The molecular weight excluding hydrogens is 291 g/mol. The summed E-state index contributed by atoms with van der Waals surface area (Å²) in [5.41, 5.74) is -0.00537. The van der Waals surface area contributed by atoms with Crippen LogP contribution in [0.4, 0.5) is 15.8 Å². The van der Waals surface area contributed by atoms with Crippen molar-refractivity contribution in [1.29, 1.82) is 0 Å². The van der Waals surface area contributed by atoms with Crippen molar-refractivity contribution in [2.24, 2.45) is 0 Å². The first-order chi connectivity index (χ1) is 8.97. The van der Waals surface area contributed by atoms with Crippen molar-refractivity contribution in [3.63, 3.8) is 0 Å². The zero-order valence-electron chi connectivity index (χ0n) is 10.4. The molecule has 0 aromatic heterocycles. The van der Waals surface area contributed by atoms with Gasteiger partial charge in [0.15, 0.2) is 0 Å². The second-order valence-corrected chi connectivity index (χ2v) is 6.32. The maximum atomic E-state index is 13.3. The fourth-order valence-electron chi connectivity index (χ4n) is 2.11. The standard InChI is InChI=1S/C12H14ClFN2O2S/c1-19-12(3-2-4-12)7-15-10-5-8(13)9(14)6-11(10)16(17)18/h5-6,15H,2-4,7H2,1H3. The topological polar surface area (TPSA) is 55.2 Å². The average molecular weight is 305 g/mol. The Morgan fingerprint density at radius 1 is 1.58 bits per heavy atom. The molecule has 2 rings (SSSR count). The summed E-state index contributed by atoms with van der Waals surface area (Å²) in [6.45, 7) is 0.622. The number of nitro benzene ring substituents is 1. The third kappa shape index (κ3) is 2.95. The lowest BCUT2D eigenvalue weighted by molar-refractivity contribution is -0.384. The summed E-state index contributed by atoms with van der Waals surface area (Å²) < 4.78 is 13.4. The fraction of sp³-hybridized carbons (Fsp3) is 0.500. The quantitative estimate of drug-likeness (QED) is 0.657. The summed E-state index contributed by atoms with van der Waals surface area (Å²) >= 11 is 7.44. The van der Waals surface area contributed by atoms with E-state index in [0.29, 0.717) is 6.54 Å². The molecule has 0 saturated heterocycles. The molecule has 0 amide bonds. The van der Waals surface area contributed by atoms with Crippen molar-refractivity contribution in [2.45, 2.75) is 24.0 Å². The van der Waals surface area contributed by atoms with Gasteiger partial charge in [-0.05, 0) is 25.2 Å². The van der Waals surface area contributed by atoms with E-state index in [2.05, 4.69) is 5.32 Å². The molecule has 1 aliphatic carbocycles. The van der Waals surface area contributed by atoms with Gasteiger partial charge in [0.05, 0.1) is 16.0 Å². The van der Waals surface area contributed by atoms with Gasteiger partial charge in [-0.1, -0.05) is 18.0 Å². The van der Waals surface area contributed by atoms with E-state index in [1.807, 2.05) is 6.26 Å². The van der Waals surface area contributed by atoms with Crippen LogP contribution in [-0.2, 0) is 0 Å². The Balaban J connectivity index is 2.19. The number of halogens is 2. The highest BCUT2D eigenvalue weighted by Gasteiger charge is 2.36. The average Bonchev–Trinajstić information content (AvgIpc) is 2.32. The molecule has 1 aliphatic rings. The van der Waals surface area contributed by atoms with Gasteiger partial charge in [0.1, 0.15) is 11.5 Å². The van der Waals surface area contributed by atoms with Crippen LogP contribution in [0.3, 0.4) is 0 Å². The van der Waals surface area contributed by atoms with Crippen LogP contribution in [0.15, 0.2) is 12.1 Å². The fourth-order valence-corrected chi connectivity index (χ4v) is 3.19. The lowest BCUT2D eigenvalue weighted by atomic mass is 9.84. The van der Waals surface area contributed by atoms with Crippen molar-refractivity contribution >= 4 is 34.7 Å². The third-order valence-electron chi connectivity index (χ3n) is 3.53. The first-order valence-corrected chi connectivity index (χ1v) is 7.50.